The Kier molecular flexibility index (Phi) is 6.13. The van der Waals surface area contributed by atoms with E-state index in [0.717, 1.165) is 22.3 Å². The Balaban J connectivity index is 1.89. The van der Waals surface area contributed by atoms with Gasteiger partial charge in [0.1, 0.15) is 5.75 Å². The van der Waals surface area contributed by atoms with Gasteiger partial charge in [-0.05, 0) is 66.4 Å². The van der Waals surface area contributed by atoms with Crippen molar-refractivity contribution in [2.24, 2.45) is 0 Å². The predicted molar refractivity (Wildman–Crippen MR) is 123 cm³/mol. The molecule has 3 aromatic rings. The Hall–Kier alpha value is -3.03. The summed E-state index contributed by atoms with van der Waals surface area (Å²) in [6.07, 6.45) is 0.577. The lowest BCUT2D eigenvalue weighted by atomic mass is 9.89. The van der Waals surface area contributed by atoms with Crippen LogP contribution < -0.4 is 14.2 Å². The van der Waals surface area contributed by atoms with Crippen molar-refractivity contribution < 1.29 is 22.6 Å². The van der Waals surface area contributed by atoms with E-state index < -0.39 is 16.1 Å². The van der Waals surface area contributed by atoms with Crippen molar-refractivity contribution in [3.8, 4) is 17.2 Å². The Morgan fingerprint density at radius 2 is 1.47 bits per heavy atom. The molecule has 0 bridgehead atoms. The number of fused-ring (bicyclic) bond motifs is 1. The van der Waals surface area contributed by atoms with Crippen LogP contribution in [0.15, 0.2) is 65.6 Å². The van der Waals surface area contributed by atoms with E-state index in [1.165, 1.54) is 0 Å². The van der Waals surface area contributed by atoms with Crippen molar-refractivity contribution in [3.63, 3.8) is 0 Å². The van der Waals surface area contributed by atoms with Gasteiger partial charge >= 0.3 is 0 Å². The highest BCUT2D eigenvalue weighted by Crippen LogP contribution is 2.43. The Morgan fingerprint density at radius 1 is 0.844 bits per heavy atom. The lowest BCUT2D eigenvalue weighted by Gasteiger charge is -2.37. The molecule has 0 fully saturated rings. The smallest absolute Gasteiger partial charge is 0.243 e. The number of benzene rings is 3. The SMILES string of the molecule is COc1ccc(C2c3cc(OC)c(OC)cc3CCN2S(=O)(=O)c2ccc(C)cc2)cc1. The summed E-state index contributed by atoms with van der Waals surface area (Å²) < 4.78 is 45.4. The quantitative estimate of drug-likeness (QED) is 0.555. The fourth-order valence-electron chi connectivity index (χ4n) is 4.16. The Bertz CT molecular complexity index is 1200. The van der Waals surface area contributed by atoms with Crippen LogP contribution in [0, 0.1) is 6.92 Å². The van der Waals surface area contributed by atoms with Crippen LogP contribution in [0.5, 0.6) is 17.2 Å². The molecule has 0 aliphatic carbocycles. The van der Waals surface area contributed by atoms with E-state index in [1.807, 2.05) is 55.5 Å². The number of hydrogen-bond donors (Lipinski definition) is 0. The third-order valence-electron chi connectivity index (χ3n) is 5.89. The first-order chi connectivity index (χ1) is 15.4. The normalized spacial score (nSPS) is 16.3. The van der Waals surface area contributed by atoms with Gasteiger partial charge in [0.2, 0.25) is 10.0 Å². The molecule has 0 amide bonds. The molecule has 1 unspecified atom stereocenters. The van der Waals surface area contributed by atoms with Gasteiger partial charge in [0.15, 0.2) is 11.5 Å². The van der Waals surface area contributed by atoms with Gasteiger partial charge in [0, 0.05) is 6.54 Å². The molecule has 1 heterocycles. The van der Waals surface area contributed by atoms with Crippen molar-refractivity contribution in [3.05, 3.63) is 82.9 Å². The number of hydrogen-bond acceptors (Lipinski definition) is 5. The average molecular weight is 454 g/mol. The topological polar surface area (TPSA) is 65.1 Å². The Morgan fingerprint density at radius 3 is 2.06 bits per heavy atom. The van der Waals surface area contributed by atoms with Crippen LogP contribution in [-0.2, 0) is 16.4 Å². The molecule has 3 aromatic carbocycles. The van der Waals surface area contributed by atoms with Crippen LogP contribution in [0.4, 0.5) is 0 Å². The Labute approximate surface area is 189 Å². The summed E-state index contributed by atoms with van der Waals surface area (Å²) >= 11 is 0. The second-order valence-corrected chi connectivity index (χ2v) is 9.65. The first-order valence-corrected chi connectivity index (χ1v) is 11.8. The maximum Gasteiger partial charge on any atom is 0.243 e. The van der Waals surface area contributed by atoms with Crippen molar-refractivity contribution in [2.75, 3.05) is 27.9 Å². The highest BCUT2D eigenvalue weighted by molar-refractivity contribution is 7.89. The summed E-state index contributed by atoms with van der Waals surface area (Å²) in [4.78, 5) is 0.283. The molecule has 1 aliphatic heterocycles. The van der Waals surface area contributed by atoms with Gasteiger partial charge in [0.05, 0.1) is 32.3 Å². The predicted octanol–water partition coefficient (Wildman–Crippen LogP) is 4.36. The summed E-state index contributed by atoms with van der Waals surface area (Å²) in [5.74, 6) is 1.92. The summed E-state index contributed by atoms with van der Waals surface area (Å²) in [7, 11) is 1.05. The first-order valence-electron chi connectivity index (χ1n) is 10.4. The maximum absolute atomic E-state index is 13.7. The van der Waals surface area contributed by atoms with Gasteiger partial charge in [0.25, 0.3) is 0 Å². The van der Waals surface area contributed by atoms with Crippen LogP contribution >= 0.6 is 0 Å². The number of aryl methyl sites for hydroxylation is 1. The molecule has 0 saturated carbocycles. The minimum Gasteiger partial charge on any atom is -0.497 e. The molecule has 0 spiro atoms. The molecule has 0 radical (unpaired) electrons. The van der Waals surface area contributed by atoms with E-state index in [-0.39, 0.29) is 4.90 Å². The van der Waals surface area contributed by atoms with Gasteiger partial charge in [-0.1, -0.05) is 29.8 Å². The van der Waals surface area contributed by atoms with Crippen molar-refractivity contribution in [1.82, 2.24) is 4.31 Å². The van der Waals surface area contributed by atoms with E-state index >= 15 is 0 Å². The van der Waals surface area contributed by atoms with Crippen LogP contribution in [0.1, 0.15) is 28.3 Å². The van der Waals surface area contributed by atoms with E-state index in [4.69, 9.17) is 14.2 Å². The number of sulfonamides is 1. The van der Waals surface area contributed by atoms with E-state index in [1.54, 1.807) is 37.8 Å². The standard InChI is InChI=1S/C25H27NO5S/c1-17-5-11-21(12-6-17)32(27,28)26-14-13-19-15-23(30-3)24(31-4)16-22(19)25(26)18-7-9-20(29-2)10-8-18/h5-12,15-16,25H,13-14H2,1-4H3. The third kappa shape index (κ3) is 3.94. The number of ether oxygens (including phenoxy) is 3. The highest BCUT2D eigenvalue weighted by atomic mass is 32.2. The first kappa shape index (κ1) is 22.2. The molecule has 1 atom stereocenters. The molecule has 6 nitrogen and oxygen atoms in total. The molecule has 1 aliphatic rings. The minimum atomic E-state index is -3.74. The molecular formula is C25H27NO5S. The summed E-state index contributed by atoms with van der Waals surface area (Å²) in [6.45, 7) is 2.29. The summed E-state index contributed by atoms with van der Waals surface area (Å²) in [5.41, 5.74) is 3.79. The molecular weight excluding hydrogens is 426 g/mol. The third-order valence-corrected chi connectivity index (χ3v) is 7.77. The van der Waals surface area contributed by atoms with Crippen LogP contribution in [0.3, 0.4) is 0 Å². The van der Waals surface area contributed by atoms with E-state index in [2.05, 4.69) is 0 Å². The fourth-order valence-corrected chi connectivity index (χ4v) is 5.75. The fraction of sp³-hybridized carbons (Fsp3) is 0.280. The lowest BCUT2D eigenvalue weighted by molar-refractivity contribution is 0.331. The molecule has 168 valence electrons. The second-order valence-electron chi connectivity index (χ2n) is 7.76. The summed E-state index contributed by atoms with van der Waals surface area (Å²) in [5, 5.41) is 0. The van der Waals surface area contributed by atoms with Crippen molar-refractivity contribution >= 4 is 10.0 Å². The van der Waals surface area contributed by atoms with E-state index in [9.17, 15) is 8.42 Å². The zero-order chi connectivity index (χ0) is 22.9. The number of nitrogens with zero attached hydrogens (tertiary/aromatic N) is 1. The van der Waals surface area contributed by atoms with Crippen LogP contribution in [-0.4, -0.2) is 40.6 Å². The zero-order valence-electron chi connectivity index (χ0n) is 18.7. The van der Waals surface area contributed by atoms with Gasteiger partial charge in [-0.15, -0.1) is 0 Å². The zero-order valence-corrected chi connectivity index (χ0v) is 19.5. The molecule has 7 heteroatoms. The monoisotopic (exact) mass is 453 g/mol. The number of methoxy groups -OCH3 is 3. The van der Waals surface area contributed by atoms with Crippen LogP contribution in [0.2, 0.25) is 0 Å². The van der Waals surface area contributed by atoms with Gasteiger partial charge in [-0.25, -0.2) is 8.42 Å². The molecule has 0 aromatic heterocycles. The summed E-state index contributed by atoms with van der Waals surface area (Å²) in [6, 6.07) is 17.8. The second kappa shape index (κ2) is 8.84. The lowest BCUT2D eigenvalue weighted by Crippen LogP contribution is -2.40. The molecule has 32 heavy (non-hydrogen) atoms. The van der Waals surface area contributed by atoms with E-state index in [0.29, 0.717) is 30.2 Å². The largest absolute Gasteiger partial charge is 0.497 e. The van der Waals surface area contributed by atoms with Gasteiger partial charge < -0.3 is 14.2 Å². The van der Waals surface area contributed by atoms with Gasteiger partial charge in [-0.2, -0.15) is 4.31 Å². The van der Waals surface area contributed by atoms with Crippen molar-refractivity contribution in [1.29, 1.82) is 0 Å². The maximum atomic E-state index is 13.7. The molecule has 0 N–H and O–H groups in total. The number of rotatable bonds is 6. The van der Waals surface area contributed by atoms with Gasteiger partial charge in [-0.3, -0.25) is 0 Å². The van der Waals surface area contributed by atoms with Crippen molar-refractivity contribution in [2.45, 2.75) is 24.3 Å². The molecule has 4 rings (SSSR count). The highest BCUT2D eigenvalue weighted by Gasteiger charge is 2.38. The average Bonchev–Trinajstić information content (AvgIpc) is 2.82. The van der Waals surface area contributed by atoms with Crippen LogP contribution in [0.25, 0.3) is 0 Å². The molecule has 0 saturated heterocycles. The minimum absolute atomic E-state index is 0.283.